The number of rotatable bonds is 12. The van der Waals surface area contributed by atoms with Crippen LogP contribution in [0.25, 0.3) is 0 Å². The maximum atomic E-state index is 13.2. The van der Waals surface area contributed by atoms with Crippen molar-refractivity contribution < 1.29 is 37.3 Å². The summed E-state index contributed by atoms with van der Waals surface area (Å²) in [5, 5.41) is 22.8. The standard InChI is InChI=1S/C18H23N9O8S2/c19-4-9-10(5-20)24-26(23-9)6-12-8(15(29)27(12)37(32,33)34)3-13(28)14(11-7-36-17(21)22-11)25-35-18(1-2-18)16(30)31/h7-8,12H,1-6,19-20H2,(H2,21,22)(H,30,31)(H,32,33,34)/b25-14-/t8-,12+/m0/s1. The van der Waals surface area contributed by atoms with E-state index in [-0.39, 0.29) is 53.3 Å². The maximum Gasteiger partial charge on any atom is 0.362 e. The van der Waals surface area contributed by atoms with Gasteiger partial charge in [-0.2, -0.15) is 23.4 Å². The molecule has 200 valence electrons. The highest BCUT2D eigenvalue weighted by Crippen LogP contribution is 2.40. The summed E-state index contributed by atoms with van der Waals surface area (Å²) in [6, 6.07) is -1.23. The summed E-state index contributed by atoms with van der Waals surface area (Å²) in [6.07, 6.45) is -0.194. The van der Waals surface area contributed by atoms with Crippen LogP contribution in [0.15, 0.2) is 10.5 Å². The van der Waals surface area contributed by atoms with Crippen molar-refractivity contribution >= 4 is 50.1 Å². The number of hydrogen-bond acceptors (Lipinski definition) is 14. The Morgan fingerprint density at radius 2 is 1.86 bits per heavy atom. The van der Waals surface area contributed by atoms with Crippen LogP contribution in [0.1, 0.15) is 36.3 Å². The molecule has 2 aromatic heterocycles. The van der Waals surface area contributed by atoms with E-state index in [9.17, 15) is 32.5 Å². The zero-order chi connectivity index (χ0) is 27.1. The molecular weight excluding hydrogens is 534 g/mol. The smallest absolute Gasteiger partial charge is 0.362 e. The number of hydrogen-bond donors (Lipinski definition) is 5. The molecule has 0 radical (unpaired) electrons. The number of ketones is 1. The van der Waals surface area contributed by atoms with Crippen LogP contribution in [0.4, 0.5) is 5.13 Å². The molecule has 17 nitrogen and oxygen atoms in total. The van der Waals surface area contributed by atoms with Gasteiger partial charge in [0.1, 0.15) is 17.1 Å². The average molecular weight is 558 g/mol. The van der Waals surface area contributed by atoms with Gasteiger partial charge in [-0.05, 0) is 0 Å². The molecule has 1 amide bonds. The maximum absolute atomic E-state index is 13.2. The molecule has 3 heterocycles. The molecular formula is C18H23N9O8S2. The van der Waals surface area contributed by atoms with E-state index in [0.29, 0.717) is 11.4 Å². The van der Waals surface area contributed by atoms with E-state index in [1.807, 2.05) is 0 Å². The van der Waals surface area contributed by atoms with Crippen LogP contribution in [0.3, 0.4) is 0 Å². The van der Waals surface area contributed by atoms with Crippen molar-refractivity contribution in [3.8, 4) is 0 Å². The summed E-state index contributed by atoms with van der Waals surface area (Å²) < 4.78 is 33.5. The Morgan fingerprint density at radius 1 is 1.24 bits per heavy atom. The highest BCUT2D eigenvalue weighted by molar-refractivity contribution is 7.84. The number of aromatic nitrogens is 4. The first-order valence-electron chi connectivity index (χ1n) is 10.8. The second kappa shape index (κ2) is 9.74. The molecule has 1 aliphatic carbocycles. The van der Waals surface area contributed by atoms with Gasteiger partial charge in [0.15, 0.2) is 16.6 Å². The molecule has 1 aliphatic heterocycles. The van der Waals surface area contributed by atoms with E-state index in [2.05, 4.69) is 20.3 Å². The average Bonchev–Trinajstić information content (AvgIpc) is 3.34. The van der Waals surface area contributed by atoms with Gasteiger partial charge in [0.25, 0.3) is 0 Å². The van der Waals surface area contributed by atoms with E-state index < -0.39 is 51.9 Å². The van der Waals surface area contributed by atoms with Crippen LogP contribution >= 0.6 is 11.3 Å². The molecule has 4 rings (SSSR count). The van der Waals surface area contributed by atoms with E-state index in [4.69, 9.17) is 22.0 Å². The van der Waals surface area contributed by atoms with Crippen molar-refractivity contribution in [2.45, 2.75) is 50.5 Å². The van der Waals surface area contributed by atoms with Gasteiger partial charge in [0.2, 0.25) is 11.5 Å². The van der Waals surface area contributed by atoms with E-state index in [1.165, 1.54) is 5.38 Å². The molecule has 2 aromatic rings. The monoisotopic (exact) mass is 557 g/mol. The fourth-order valence-corrected chi connectivity index (χ4v) is 5.26. The number of carbonyl (C=O) groups excluding carboxylic acids is 2. The van der Waals surface area contributed by atoms with Gasteiger partial charge >= 0.3 is 16.3 Å². The molecule has 1 saturated heterocycles. The zero-order valence-corrected chi connectivity index (χ0v) is 20.7. The van der Waals surface area contributed by atoms with Crippen molar-refractivity contribution in [3.63, 3.8) is 0 Å². The number of nitrogen functional groups attached to an aromatic ring is 1. The van der Waals surface area contributed by atoms with Gasteiger partial charge in [0, 0.05) is 37.7 Å². The number of β-lactam (4-membered cyclic amide) rings is 1. The molecule has 19 heteroatoms. The third kappa shape index (κ3) is 5.16. The number of oxime groups is 1. The number of Topliss-reactive ketones (excluding diaryl/α,β-unsaturated/α-hetero) is 1. The summed E-state index contributed by atoms with van der Waals surface area (Å²) in [6.45, 7) is -0.284. The van der Waals surface area contributed by atoms with Gasteiger partial charge in [0.05, 0.1) is 18.5 Å². The van der Waals surface area contributed by atoms with Crippen LogP contribution < -0.4 is 17.2 Å². The minimum Gasteiger partial charge on any atom is -0.478 e. The molecule has 2 atom stereocenters. The normalized spacial score (nSPS) is 21.0. The molecule has 0 unspecified atom stereocenters. The lowest BCUT2D eigenvalue weighted by Crippen LogP contribution is -2.64. The van der Waals surface area contributed by atoms with Crippen molar-refractivity contribution in [1.29, 1.82) is 0 Å². The topological polar surface area (TPSA) is 272 Å². The minimum absolute atomic E-state index is 0.00225. The summed E-state index contributed by atoms with van der Waals surface area (Å²) in [5.41, 5.74) is 15.6. The highest BCUT2D eigenvalue weighted by Gasteiger charge is 2.56. The summed E-state index contributed by atoms with van der Waals surface area (Å²) in [7, 11) is -4.96. The van der Waals surface area contributed by atoms with Gasteiger partial charge < -0.3 is 27.1 Å². The van der Waals surface area contributed by atoms with Crippen LogP contribution in [0, 0.1) is 5.92 Å². The molecule has 8 N–H and O–H groups in total. The number of nitrogens with two attached hydrogens (primary N) is 3. The second-order valence-corrected chi connectivity index (χ2v) is 10.5. The van der Waals surface area contributed by atoms with Crippen molar-refractivity contribution in [1.82, 2.24) is 24.3 Å². The number of carboxylic acid groups (broad SMARTS) is 1. The quantitative estimate of drug-likeness (QED) is 0.0806. The predicted octanol–water partition coefficient (Wildman–Crippen LogP) is -2.14. The molecule has 0 bridgehead atoms. The van der Waals surface area contributed by atoms with Gasteiger partial charge in [-0.15, -0.1) is 11.3 Å². The number of carbonyl (C=O) groups is 3. The third-order valence-corrected chi connectivity index (χ3v) is 7.55. The minimum atomic E-state index is -4.96. The fourth-order valence-electron chi connectivity index (χ4n) is 3.79. The number of thiazole rings is 1. The number of aliphatic carboxylic acids is 1. The first-order valence-corrected chi connectivity index (χ1v) is 13.1. The fraction of sp³-hybridized carbons (Fsp3) is 0.500. The van der Waals surface area contributed by atoms with Crippen molar-refractivity contribution in [2.75, 3.05) is 5.73 Å². The summed E-state index contributed by atoms with van der Waals surface area (Å²) in [5.74, 6) is -4.30. The Morgan fingerprint density at radius 3 is 2.32 bits per heavy atom. The second-order valence-electron chi connectivity index (χ2n) is 8.37. The Labute approximate surface area is 213 Å². The van der Waals surface area contributed by atoms with Crippen LogP contribution in [-0.2, 0) is 49.2 Å². The van der Waals surface area contributed by atoms with Crippen LogP contribution in [0.2, 0.25) is 0 Å². The van der Waals surface area contributed by atoms with Crippen LogP contribution in [-0.4, -0.2) is 77.4 Å². The lowest BCUT2D eigenvalue weighted by atomic mass is 9.84. The molecule has 37 heavy (non-hydrogen) atoms. The Hall–Kier alpha value is -3.52. The largest absolute Gasteiger partial charge is 0.478 e. The van der Waals surface area contributed by atoms with E-state index in [0.717, 1.165) is 16.1 Å². The molecule has 2 aliphatic rings. The third-order valence-electron chi connectivity index (χ3n) is 5.93. The van der Waals surface area contributed by atoms with Crippen molar-refractivity contribution in [2.24, 2.45) is 22.5 Å². The molecule has 1 saturated carbocycles. The Bertz CT molecular complexity index is 1360. The number of amides is 1. The van der Waals surface area contributed by atoms with Gasteiger partial charge in [-0.3, -0.25) is 14.1 Å². The van der Waals surface area contributed by atoms with E-state index >= 15 is 0 Å². The predicted molar refractivity (Wildman–Crippen MR) is 125 cm³/mol. The Kier molecular flexibility index (Phi) is 6.99. The molecule has 0 aromatic carbocycles. The number of nitrogens with zero attached hydrogens (tertiary/aromatic N) is 6. The first kappa shape index (κ1) is 26.5. The van der Waals surface area contributed by atoms with Crippen LogP contribution in [0.5, 0.6) is 0 Å². The molecule has 0 spiro atoms. The Balaban J connectivity index is 1.60. The summed E-state index contributed by atoms with van der Waals surface area (Å²) >= 11 is 0.992. The first-order chi connectivity index (χ1) is 17.4. The molecule has 2 fully saturated rings. The van der Waals surface area contributed by atoms with Gasteiger partial charge in [-0.1, -0.05) is 5.16 Å². The van der Waals surface area contributed by atoms with Crippen molar-refractivity contribution in [3.05, 3.63) is 22.5 Å². The number of anilines is 1. The highest BCUT2D eigenvalue weighted by atomic mass is 32.2. The lowest BCUT2D eigenvalue weighted by Gasteiger charge is -2.43. The van der Waals surface area contributed by atoms with Gasteiger partial charge in [-0.25, -0.2) is 14.1 Å². The SMILES string of the molecule is NCc1nn(C[C@@H]2[C@H](CC(=O)/C(=N\OC3(C(=O)O)CC3)c3csc(N)n3)C(=O)N2S(=O)(=O)O)nc1CN. The number of carboxylic acids is 1. The zero-order valence-electron chi connectivity index (χ0n) is 19.1. The lowest BCUT2D eigenvalue weighted by molar-refractivity contribution is -0.153. The van der Waals surface area contributed by atoms with E-state index in [1.54, 1.807) is 0 Å². The summed E-state index contributed by atoms with van der Waals surface area (Å²) in [4.78, 5) is 47.5.